The number of aliphatic carboxylic acids is 1. The Labute approximate surface area is 89.4 Å². The molecule has 4 heteroatoms. The highest BCUT2D eigenvalue weighted by Gasteiger charge is 2.29. The van der Waals surface area contributed by atoms with Crippen LogP contribution in [0.5, 0.6) is 0 Å². The molecule has 0 bridgehead atoms. The van der Waals surface area contributed by atoms with Gasteiger partial charge in [-0.15, -0.1) is 0 Å². The molecule has 0 saturated heterocycles. The maximum atomic E-state index is 11.7. The van der Waals surface area contributed by atoms with Gasteiger partial charge < -0.3 is 15.2 Å². The lowest BCUT2D eigenvalue weighted by atomic mass is 9.82. The van der Waals surface area contributed by atoms with Crippen LogP contribution < -0.4 is 10.4 Å². The van der Waals surface area contributed by atoms with Crippen molar-refractivity contribution in [2.24, 2.45) is 11.8 Å². The maximum absolute atomic E-state index is 11.7. The van der Waals surface area contributed by atoms with E-state index < -0.39 is 17.8 Å². The highest BCUT2D eigenvalue weighted by Crippen LogP contribution is 2.25. The summed E-state index contributed by atoms with van der Waals surface area (Å²) in [6.07, 6.45) is 4.51. The average molecular weight is 210 g/mol. The Balaban J connectivity index is 2.69. The van der Waals surface area contributed by atoms with Crippen LogP contribution in [-0.4, -0.2) is 17.9 Å². The summed E-state index contributed by atoms with van der Waals surface area (Å²) in [5, 5.41) is 13.6. The average Bonchev–Trinajstić information content (AvgIpc) is 2.16. The lowest BCUT2D eigenvalue weighted by molar-refractivity contribution is -0.313. The second kappa shape index (κ2) is 4.96. The number of carboxylic acids is 1. The van der Waals surface area contributed by atoms with E-state index in [-0.39, 0.29) is 11.9 Å². The minimum atomic E-state index is -1.14. The molecule has 0 aromatic carbocycles. The molecule has 1 aliphatic rings. The van der Waals surface area contributed by atoms with E-state index in [1.54, 1.807) is 6.08 Å². The molecule has 15 heavy (non-hydrogen) atoms. The molecule has 84 valence electrons. The predicted octanol–water partition coefficient (Wildman–Crippen LogP) is -0.157. The number of carboxylic acid groups (broad SMARTS) is 1. The van der Waals surface area contributed by atoms with Crippen molar-refractivity contribution in [3.05, 3.63) is 12.2 Å². The molecule has 0 aromatic rings. The highest BCUT2D eigenvalue weighted by atomic mass is 16.4. The Hall–Kier alpha value is -1.32. The van der Waals surface area contributed by atoms with Crippen LogP contribution in [0.15, 0.2) is 12.2 Å². The number of nitrogens with one attached hydrogen (secondary N) is 1. The number of amides is 1. The zero-order valence-electron chi connectivity index (χ0n) is 9.03. The van der Waals surface area contributed by atoms with Crippen molar-refractivity contribution >= 4 is 11.9 Å². The Bertz CT molecular complexity index is 284. The summed E-state index contributed by atoms with van der Waals surface area (Å²) in [6, 6.07) is 0.0332. The molecule has 0 radical (unpaired) electrons. The summed E-state index contributed by atoms with van der Waals surface area (Å²) in [4.78, 5) is 22.5. The number of carbonyl (C=O) groups excluding carboxylic acids is 2. The third-order valence-electron chi connectivity index (χ3n) is 2.50. The van der Waals surface area contributed by atoms with E-state index in [9.17, 15) is 14.7 Å². The molecule has 0 aliphatic heterocycles. The first kappa shape index (κ1) is 11.8. The first-order chi connectivity index (χ1) is 7.02. The van der Waals surface area contributed by atoms with Crippen molar-refractivity contribution in [1.82, 2.24) is 5.32 Å². The standard InChI is InChI=1S/C11H17NO3/c1-7(2)12-10(13)8-5-3-4-6-9(8)11(14)15/h3-4,7-9H,5-6H2,1-2H3,(H,12,13)(H,14,15)/p-1/t8-,9-/m1/s1. The monoisotopic (exact) mass is 210 g/mol. The van der Waals surface area contributed by atoms with Gasteiger partial charge in [-0.3, -0.25) is 4.79 Å². The van der Waals surface area contributed by atoms with E-state index in [0.29, 0.717) is 12.8 Å². The van der Waals surface area contributed by atoms with Gasteiger partial charge in [0.05, 0.1) is 0 Å². The molecule has 0 unspecified atom stereocenters. The van der Waals surface area contributed by atoms with Crippen LogP contribution in [0.25, 0.3) is 0 Å². The van der Waals surface area contributed by atoms with Gasteiger partial charge in [0.25, 0.3) is 0 Å². The first-order valence-corrected chi connectivity index (χ1v) is 5.18. The highest BCUT2D eigenvalue weighted by molar-refractivity contribution is 5.84. The smallest absolute Gasteiger partial charge is 0.224 e. The Kier molecular flexibility index (Phi) is 3.88. The molecular weight excluding hydrogens is 194 g/mol. The van der Waals surface area contributed by atoms with Crippen molar-refractivity contribution in [2.75, 3.05) is 0 Å². The van der Waals surface area contributed by atoms with Crippen molar-refractivity contribution in [1.29, 1.82) is 0 Å². The van der Waals surface area contributed by atoms with Crippen molar-refractivity contribution in [3.8, 4) is 0 Å². The zero-order chi connectivity index (χ0) is 11.4. The maximum Gasteiger partial charge on any atom is 0.224 e. The normalized spacial score (nSPS) is 25.3. The lowest BCUT2D eigenvalue weighted by Gasteiger charge is -2.28. The summed E-state index contributed by atoms with van der Waals surface area (Å²) in [6.45, 7) is 3.70. The zero-order valence-corrected chi connectivity index (χ0v) is 9.03. The van der Waals surface area contributed by atoms with Gasteiger partial charge >= 0.3 is 0 Å². The van der Waals surface area contributed by atoms with Gasteiger partial charge in [0.2, 0.25) is 5.91 Å². The Morgan fingerprint density at radius 1 is 1.27 bits per heavy atom. The molecule has 0 spiro atoms. The fourth-order valence-electron chi connectivity index (χ4n) is 1.76. The number of allylic oxidation sites excluding steroid dienone is 2. The van der Waals surface area contributed by atoms with Crippen LogP contribution in [0.3, 0.4) is 0 Å². The Morgan fingerprint density at radius 3 is 2.27 bits per heavy atom. The van der Waals surface area contributed by atoms with E-state index in [2.05, 4.69) is 5.32 Å². The fraction of sp³-hybridized carbons (Fsp3) is 0.636. The van der Waals surface area contributed by atoms with Gasteiger partial charge in [-0.2, -0.15) is 0 Å². The van der Waals surface area contributed by atoms with Gasteiger partial charge in [-0.05, 0) is 26.7 Å². The topological polar surface area (TPSA) is 69.2 Å². The summed E-state index contributed by atoms with van der Waals surface area (Å²) >= 11 is 0. The molecule has 1 rings (SSSR count). The summed E-state index contributed by atoms with van der Waals surface area (Å²) in [5.41, 5.74) is 0. The van der Waals surface area contributed by atoms with E-state index in [0.717, 1.165) is 0 Å². The molecule has 0 fully saturated rings. The second-order valence-electron chi connectivity index (χ2n) is 4.14. The van der Waals surface area contributed by atoms with Crippen molar-refractivity contribution in [2.45, 2.75) is 32.7 Å². The second-order valence-corrected chi connectivity index (χ2v) is 4.14. The van der Waals surface area contributed by atoms with Gasteiger partial charge in [0.1, 0.15) is 0 Å². The molecule has 0 heterocycles. The van der Waals surface area contributed by atoms with Crippen LogP contribution in [0.1, 0.15) is 26.7 Å². The summed E-state index contributed by atoms with van der Waals surface area (Å²) < 4.78 is 0. The SMILES string of the molecule is CC(C)NC(=O)[C@@H]1CC=CC[C@H]1C(=O)[O-]. The van der Waals surface area contributed by atoms with E-state index in [4.69, 9.17) is 0 Å². The molecule has 0 saturated carbocycles. The van der Waals surface area contributed by atoms with Crippen molar-refractivity contribution < 1.29 is 14.7 Å². The largest absolute Gasteiger partial charge is 0.550 e. The van der Waals surface area contributed by atoms with Crippen LogP contribution in [0, 0.1) is 11.8 Å². The molecule has 1 N–H and O–H groups in total. The minimum absolute atomic E-state index is 0.0332. The van der Waals surface area contributed by atoms with Gasteiger partial charge in [0.15, 0.2) is 0 Å². The third-order valence-corrected chi connectivity index (χ3v) is 2.50. The quantitative estimate of drug-likeness (QED) is 0.658. The number of hydrogen-bond acceptors (Lipinski definition) is 3. The summed E-state index contributed by atoms with van der Waals surface area (Å²) in [7, 11) is 0. The van der Waals surface area contributed by atoms with Crippen molar-refractivity contribution in [3.63, 3.8) is 0 Å². The van der Waals surface area contributed by atoms with E-state index in [1.807, 2.05) is 19.9 Å². The lowest BCUT2D eigenvalue weighted by Crippen LogP contribution is -2.45. The Morgan fingerprint density at radius 2 is 1.80 bits per heavy atom. The number of hydrogen-bond donors (Lipinski definition) is 1. The molecule has 0 aromatic heterocycles. The van der Waals surface area contributed by atoms with Crippen LogP contribution >= 0.6 is 0 Å². The molecular formula is C11H16NO3-. The number of carbonyl (C=O) groups is 2. The molecule has 1 amide bonds. The molecule has 1 aliphatic carbocycles. The third kappa shape index (κ3) is 3.08. The summed E-state index contributed by atoms with van der Waals surface area (Å²) in [5.74, 6) is -2.50. The number of rotatable bonds is 3. The van der Waals surface area contributed by atoms with Gasteiger partial charge in [-0.25, -0.2) is 0 Å². The van der Waals surface area contributed by atoms with Crippen LogP contribution in [0.4, 0.5) is 0 Å². The van der Waals surface area contributed by atoms with Crippen LogP contribution in [0.2, 0.25) is 0 Å². The van der Waals surface area contributed by atoms with E-state index in [1.165, 1.54) is 0 Å². The van der Waals surface area contributed by atoms with Crippen LogP contribution in [-0.2, 0) is 9.59 Å². The minimum Gasteiger partial charge on any atom is -0.550 e. The fourth-order valence-corrected chi connectivity index (χ4v) is 1.76. The van der Waals surface area contributed by atoms with Gasteiger partial charge in [-0.1, -0.05) is 12.2 Å². The van der Waals surface area contributed by atoms with Gasteiger partial charge in [0, 0.05) is 23.8 Å². The first-order valence-electron chi connectivity index (χ1n) is 5.18. The molecule has 4 nitrogen and oxygen atoms in total. The van der Waals surface area contributed by atoms with E-state index >= 15 is 0 Å². The predicted molar refractivity (Wildman–Crippen MR) is 53.6 cm³/mol. The molecule has 2 atom stereocenters.